The van der Waals surface area contributed by atoms with Crippen LogP contribution in [0.5, 0.6) is 0 Å². The van der Waals surface area contributed by atoms with Gasteiger partial charge < -0.3 is 10.1 Å². The molecule has 0 aromatic carbocycles. The fourth-order valence-electron chi connectivity index (χ4n) is 4.65. The first-order chi connectivity index (χ1) is 11.0. The Labute approximate surface area is 141 Å². The third-order valence-corrected chi connectivity index (χ3v) is 8.98. The van der Waals surface area contributed by atoms with Crippen LogP contribution in [0.25, 0.3) is 0 Å². The van der Waals surface area contributed by atoms with Gasteiger partial charge >= 0.3 is 0 Å². The van der Waals surface area contributed by atoms with Crippen molar-refractivity contribution in [2.75, 3.05) is 20.2 Å². The summed E-state index contributed by atoms with van der Waals surface area (Å²) in [6, 6.07) is 0.958. The third kappa shape index (κ3) is 3.08. The van der Waals surface area contributed by atoms with E-state index in [0.717, 1.165) is 44.9 Å². The number of nitrogens with zero attached hydrogens (tertiary/aromatic N) is 1. The molecule has 134 valence electrons. The lowest BCUT2D eigenvalue weighted by atomic mass is 9.58. The van der Waals surface area contributed by atoms with E-state index in [-0.39, 0.29) is 10.7 Å². The monoisotopic (exact) mass is 344 g/mol. The number of ether oxygens (including phenoxy) is 1. The van der Waals surface area contributed by atoms with Gasteiger partial charge in [-0.3, -0.25) is 0 Å². The first-order valence-corrected chi connectivity index (χ1v) is 10.8. The van der Waals surface area contributed by atoms with Crippen LogP contribution in [0.3, 0.4) is 0 Å². The van der Waals surface area contributed by atoms with Gasteiger partial charge in [-0.1, -0.05) is 13.8 Å². The van der Waals surface area contributed by atoms with Gasteiger partial charge in [-0.2, -0.15) is 0 Å². The molecule has 0 bridgehead atoms. The Morgan fingerprint density at radius 1 is 1.13 bits per heavy atom. The molecule has 1 heterocycles. The molecule has 2 atom stereocenters. The molecule has 1 N–H and O–H groups in total. The zero-order chi connectivity index (χ0) is 16.7. The molecule has 6 heteroatoms. The Morgan fingerprint density at radius 3 is 2.22 bits per heavy atom. The summed E-state index contributed by atoms with van der Waals surface area (Å²) in [5.74, 6) is 0. The van der Waals surface area contributed by atoms with Crippen LogP contribution in [0.15, 0.2) is 0 Å². The summed E-state index contributed by atoms with van der Waals surface area (Å²) in [4.78, 5) is 0. The van der Waals surface area contributed by atoms with Gasteiger partial charge in [-0.05, 0) is 44.9 Å². The van der Waals surface area contributed by atoms with Crippen molar-refractivity contribution in [2.24, 2.45) is 5.41 Å². The number of methoxy groups -OCH3 is 1. The minimum Gasteiger partial charge on any atom is -0.381 e. The van der Waals surface area contributed by atoms with Crippen molar-refractivity contribution in [1.82, 2.24) is 9.62 Å². The van der Waals surface area contributed by atoms with Crippen LogP contribution >= 0.6 is 0 Å². The lowest BCUT2D eigenvalue weighted by molar-refractivity contribution is -0.127. The van der Waals surface area contributed by atoms with Gasteiger partial charge in [0, 0.05) is 37.7 Å². The highest BCUT2D eigenvalue weighted by Crippen LogP contribution is 2.49. The summed E-state index contributed by atoms with van der Waals surface area (Å²) in [6.07, 6.45) is 7.30. The molecular formula is C17H32N2O3S. The van der Waals surface area contributed by atoms with E-state index in [9.17, 15) is 8.42 Å². The minimum atomic E-state index is -2.99. The van der Waals surface area contributed by atoms with Crippen LogP contribution in [-0.4, -0.2) is 56.4 Å². The maximum Gasteiger partial charge on any atom is 0.216 e. The highest BCUT2D eigenvalue weighted by Gasteiger charge is 2.53. The van der Waals surface area contributed by atoms with Gasteiger partial charge in [0.2, 0.25) is 10.0 Å². The van der Waals surface area contributed by atoms with E-state index in [4.69, 9.17) is 4.74 Å². The topological polar surface area (TPSA) is 58.6 Å². The van der Waals surface area contributed by atoms with Crippen molar-refractivity contribution in [3.63, 3.8) is 0 Å². The van der Waals surface area contributed by atoms with Crippen LogP contribution in [0, 0.1) is 5.41 Å². The number of hydrogen-bond donors (Lipinski definition) is 1. The maximum atomic E-state index is 12.3. The molecule has 3 aliphatic rings. The van der Waals surface area contributed by atoms with E-state index in [0.29, 0.717) is 31.3 Å². The summed E-state index contributed by atoms with van der Waals surface area (Å²) < 4.78 is 32.0. The predicted molar refractivity (Wildman–Crippen MR) is 91.9 cm³/mol. The lowest BCUT2D eigenvalue weighted by Crippen LogP contribution is -2.65. The summed E-state index contributed by atoms with van der Waals surface area (Å²) in [5.41, 5.74) is 0.256. The van der Waals surface area contributed by atoms with E-state index < -0.39 is 10.0 Å². The van der Waals surface area contributed by atoms with Gasteiger partial charge in [-0.25, -0.2) is 12.7 Å². The third-order valence-electron chi connectivity index (χ3n) is 6.58. The Balaban J connectivity index is 1.53. The van der Waals surface area contributed by atoms with Crippen LogP contribution in [0.2, 0.25) is 0 Å². The largest absolute Gasteiger partial charge is 0.381 e. The average Bonchev–Trinajstić information content (AvgIpc) is 3.38. The van der Waals surface area contributed by atoms with Crippen molar-refractivity contribution in [3.05, 3.63) is 0 Å². The molecule has 23 heavy (non-hydrogen) atoms. The number of rotatable bonds is 7. The quantitative estimate of drug-likeness (QED) is 0.769. The number of nitrogens with one attached hydrogen (secondary N) is 1. The molecule has 1 saturated heterocycles. The van der Waals surface area contributed by atoms with Gasteiger partial charge in [0.15, 0.2) is 0 Å². The number of piperidine rings is 1. The van der Waals surface area contributed by atoms with Crippen LogP contribution in [0.1, 0.15) is 58.8 Å². The highest BCUT2D eigenvalue weighted by atomic mass is 32.2. The summed E-state index contributed by atoms with van der Waals surface area (Å²) >= 11 is 0. The molecule has 0 spiro atoms. The van der Waals surface area contributed by atoms with Crippen molar-refractivity contribution < 1.29 is 13.2 Å². The Kier molecular flexibility index (Phi) is 5.08. The zero-order valence-electron chi connectivity index (χ0n) is 14.8. The minimum absolute atomic E-state index is 0.0751. The SMILES string of the molecule is CCC1(CC)[C@H](NC2CCN(S(=O)(=O)C3CC3)CC2)C[C@H]1OC. The number of hydrogen-bond acceptors (Lipinski definition) is 4. The lowest BCUT2D eigenvalue weighted by Gasteiger charge is -2.56. The van der Waals surface area contributed by atoms with Crippen LogP contribution in [-0.2, 0) is 14.8 Å². The molecule has 3 fully saturated rings. The molecule has 0 amide bonds. The molecule has 1 aliphatic heterocycles. The van der Waals surface area contributed by atoms with Crippen molar-refractivity contribution in [2.45, 2.75) is 82.2 Å². The Morgan fingerprint density at radius 2 is 1.74 bits per heavy atom. The smallest absolute Gasteiger partial charge is 0.216 e. The van der Waals surface area contributed by atoms with Crippen molar-refractivity contribution in [1.29, 1.82) is 0 Å². The van der Waals surface area contributed by atoms with Gasteiger partial charge in [0.05, 0.1) is 11.4 Å². The first kappa shape index (κ1) is 17.6. The first-order valence-electron chi connectivity index (χ1n) is 9.25. The zero-order valence-corrected chi connectivity index (χ0v) is 15.6. The van der Waals surface area contributed by atoms with Gasteiger partial charge in [-0.15, -0.1) is 0 Å². The summed E-state index contributed by atoms with van der Waals surface area (Å²) in [5, 5.41) is 3.75. The summed E-state index contributed by atoms with van der Waals surface area (Å²) in [7, 11) is -1.17. The van der Waals surface area contributed by atoms with Crippen LogP contribution < -0.4 is 5.32 Å². The summed E-state index contributed by atoms with van der Waals surface area (Å²) in [6.45, 7) is 5.88. The second kappa shape index (κ2) is 6.62. The van der Waals surface area contributed by atoms with E-state index >= 15 is 0 Å². The molecule has 2 saturated carbocycles. The Hall–Kier alpha value is -0.170. The predicted octanol–water partition coefficient (Wildman–Crippen LogP) is 2.13. The molecule has 3 rings (SSSR count). The van der Waals surface area contributed by atoms with Gasteiger partial charge in [0.25, 0.3) is 0 Å². The fraction of sp³-hybridized carbons (Fsp3) is 1.00. The van der Waals surface area contributed by atoms with Crippen molar-refractivity contribution >= 4 is 10.0 Å². The van der Waals surface area contributed by atoms with Crippen LogP contribution in [0.4, 0.5) is 0 Å². The standard InChI is InChI=1S/C17H32N2O3S/c1-4-17(5-2)15(12-16(17)22-3)18-13-8-10-19(11-9-13)23(20,21)14-6-7-14/h13-16,18H,4-12H2,1-3H3/t15-,16-/m1/s1. The Bertz CT molecular complexity index is 506. The second-order valence-corrected chi connectivity index (χ2v) is 9.75. The highest BCUT2D eigenvalue weighted by molar-refractivity contribution is 7.90. The maximum absolute atomic E-state index is 12.3. The second-order valence-electron chi connectivity index (χ2n) is 7.54. The molecule has 0 radical (unpaired) electrons. The molecular weight excluding hydrogens is 312 g/mol. The van der Waals surface area contributed by atoms with E-state index in [2.05, 4.69) is 19.2 Å². The molecule has 0 aromatic rings. The number of sulfonamides is 1. The van der Waals surface area contributed by atoms with Gasteiger partial charge in [0.1, 0.15) is 0 Å². The molecule has 2 aliphatic carbocycles. The molecule has 0 unspecified atom stereocenters. The normalized spacial score (nSPS) is 32.7. The fourth-order valence-corrected chi connectivity index (χ4v) is 6.52. The van der Waals surface area contributed by atoms with E-state index in [1.54, 1.807) is 4.31 Å². The van der Waals surface area contributed by atoms with E-state index in [1.807, 2.05) is 7.11 Å². The van der Waals surface area contributed by atoms with Crippen molar-refractivity contribution in [3.8, 4) is 0 Å². The molecule has 5 nitrogen and oxygen atoms in total. The average molecular weight is 345 g/mol. The molecule has 0 aromatic heterocycles. The van der Waals surface area contributed by atoms with E-state index in [1.165, 1.54) is 0 Å².